The Labute approximate surface area is 171 Å². The molecule has 1 spiro atoms. The number of hydrogen-bond donors (Lipinski definition) is 0. The van der Waals surface area contributed by atoms with E-state index in [4.69, 9.17) is 26.4 Å². The second kappa shape index (κ2) is 5.59. The molecule has 4 aliphatic carbocycles. The lowest BCUT2D eigenvalue weighted by molar-refractivity contribution is -0.151. The van der Waals surface area contributed by atoms with Gasteiger partial charge in [0.05, 0.1) is 13.0 Å². The highest BCUT2D eigenvalue weighted by molar-refractivity contribution is 7.79. The summed E-state index contributed by atoms with van der Waals surface area (Å²) in [4.78, 5) is 12.7. The van der Waals surface area contributed by atoms with Gasteiger partial charge in [0.1, 0.15) is 11.9 Å². The zero-order valence-electron chi connectivity index (χ0n) is 16.7. The van der Waals surface area contributed by atoms with Crippen LogP contribution in [0.25, 0.3) is 0 Å². The van der Waals surface area contributed by atoms with Gasteiger partial charge in [0.25, 0.3) is 0 Å². The lowest BCUT2D eigenvalue weighted by atomic mass is 9.64. The first-order valence-electron chi connectivity index (χ1n) is 9.98. The highest BCUT2D eigenvalue weighted by Crippen LogP contribution is 2.90. The van der Waals surface area contributed by atoms with E-state index >= 15 is 0 Å². The number of carbonyl (C=O) groups is 1. The Hall–Kier alpha value is -1.88. The fourth-order valence-electron chi connectivity index (χ4n) is 7.58. The van der Waals surface area contributed by atoms with E-state index in [0.29, 0.717) is 17.6 Å². The molecule has 4 bridgehead atoms. The number of thiocarbonyl (C=S) groups is 1. The van der Waals surface area contributed by atoms with Gasteiger partial charge in [0, 0.05) is 18.1 Å². The van der Waals surface area contributed by atoms with E-state index in [1.54, 1.807) is 0 Å². The Morgan fingerprint density at radius 3 is 2.54 bits per heavy atom. The number of esters is 1. The average molecular weight is 399 g/mol. The number of carbonyl (C=O) groups excluding carboxylic acids is 1. The fraction of sp³-hybridized carbons (Fsp3) is 0.565. The summed E-state index contributed by atoms with van der Waals surface area (Å²) in [6, 6.07) is 9.47. The minimum atomic E-state index is -0.177. The van der Waals surface area contributed by atoms with Gasteiger partial charge < -0.3 is 14.2 Å². The predicted molar refractivity (Wildman–Crippen MR) is 109 cm³/mol. The Kier molecular flexibility index (Phi) is 3.63. The molecular weight excluding hydrogens is 372 g/mol. The van der Waals surface area contributed by atoms with Gasteiger partial charge in [-0.3, -0.25) is 4.79 Å². The highest BCUT2D eigenvalue weighted by Gasteiger charge is 2.90. The lowest BCUT2D eigenvalue weighted by Crippen LogP contribution is -2.43. The molecule has 148 valence electrons. The van der Waals surface area contributed by atoms with Gasteiger partial charge in [0.15, 0.2) is 0 Å². The molecule has 7 atom stereocenters. The highest BCUT2D eigenvalue weighted by atomic mass is 32.1. The van der Waals surface area contributed by atoms with Crippen molar-refractivity contribution in [2.45, 2.75) is 33.3 Å². The first-order valence-corrected chi connectivity index (χ1v) is 10.4. The largest absolute Gasteiger partial charge is 0.469 e. The third-order valence-corrected chi connectivity index (χ3v) is 8.52. The third-order valence-electron chi connectivity index (χ3n) is 8.34. The zero-order chi connectivity index (χ0) is 19.9. The van der Waals surface area contributed by atoms with Crippen LogP contribution in [-0.4, -0.2) is 24.4 Å². The van der Waals surface area contributed by atoms with Crippen molar-refractivity contribution in [1.29, 1.82) is 0 Å². The van der Waals surface area contributed by atoms with Gasteiger partial charge in [-0.2, -0.15) is 0 Å². The molecule has 0 amide bonds. The SMILES string of the molecule is COC(=O)[C@H]1[C@H]2C=C[C@H]3[C@]1(C)CC(OC(=S)Oc1ccccc1)C1C(C)(C)[C@]123. The third kappa shape index (κ3) is 1.96. The average Bonchev–Trinajstić information content (AvgIpc) is 2.90. The van der Waals surface area contributed by atoms with Crippen LogP contribution in [0, 0.1) is 39.9 Å². The molecule has 5 heteroatoms. The summed E-state index contributed by atoms with van der Waals surface area (Å²) < 4.78 is 17.2. The van der Waals surface area contributed by atoms with Crippen LogP contribution >= 0.6 is 12.2 Å². The monoisotopic (exact) mass is 398 g/mol. The van der Waals surface area contributed by atoms with E-state index in [-0.39, 0.29) is 45.4 Å². The quantitative estimate of drug-likeness (QED) is 0.429. The van der Waals surface area contributed by atoms with Crippen LogP contribution in [0.1, 0.15) is 27.2 Å². The normalized spacial score (nSPS) is 43.2. The number of benzene rings is 1. The van der Waals surface area contributed by atoms with Crippen molar-refractivity contribution in [2.75, 3.05) is 7.11 Å². The molecule has 1 aromatic rings. The van der Waals surface area contributed by atoms with Crippen LogP contribution in [0.3, 0.4) is 0 Å². The van der Waals surface area contributed by atoms with Gasteiger partial charge in [0.2, 0.25) is 0 Å². The number of hydrogen-bond acceptors (Lipinski definition) is 5. The number of ether oxygens (including phenoxy) is 3. The van der Waals surface area contributed by atoms with Crippen molar-refractivity contribution < 1.29 is 19.0 Å². The molecular formula is C23H26O4S. The summed E-state index contributed by atoms with van der Waals surface area (Å²) >= 11 is 5.42. The summed E-state index contributed by atoms with van der Waals surface area (Å²) in [6.45, 7) is 6.85. The van der Waals surface area contributed by atoms with Crippen molar-refractivity contribution in [3.05, 3.63) is 42.5 Å². The van der Waals surface area contributed by atoms with E-state index < -0.39 is 0 Å². The molecule has 3 fully saturated rings. The summed E-state index contributed by atoms with van der Waals surface area (Å²) in [5.74, 6) is 1.42. The molecule has 3 saturated carbocycles. The van der Waals surface area contributed by atoms with Crippen molar-refractivity contribution in [3.8, 4) is 5.75 Å². The maximum atomic E-state index is 12.7. The van der Waals surface area contributed by atoms with E-state index in [2.05, 4.69) is 32.9 Å². The van der Waals surface area contributed by atoms with Crippen LogP contribution in [0.5, 0.6) is 5.75 Å². The van der Waals surface area contributed by atoms with E-state index in [0.717, 1.165) is 6.42 Å². The fourth-order valence-corrected chi connectivity index (χ4v) is 7.80. The van der Waals surface area contributed by atoms with Crippen molar-refractivity contribution in [3.63, 3.8) is 0 Å². The van der Waals surface area contributed by atoms with E-state index in [9.17, 15) is 4.79 Å². The maximum Gasteiger partial charge on any atom is 0.358 e. The molecule has 0 aliphatic heterocycles. The first kappa shape index (κ1) is 18.2. The van der Waals surface area contributed by atoms with Gasteiger partial charge in [-0.25, -0.2) is 0 Å². The van der Waals surface area contributed by atoms with Crippen molar-refractivity contribution in [2.24, 2.45) is 39.9 Å². The summed E-state index contributed by atoms with van der Waals surface area (Å²) in [5.41, 5.74) is -0.0327. The number of rotatable bonds is 3. The smallest absolute Gasteiger partial charge is 0.358 e. The Balaban J connectivity index is 1.45. The van der Waals surface area contributed by atoms with Crippen LogP contribution < -0.4 is 4.74 Å². The molecule has 5 rings (SSSR count). The van der Waals surface area contributed by atoms with Gasteiger partial charge in [-0.15, -0.1) is 0 Å². The molecule has 4 aliphatic rings. The molecule has 0 aromatic heterocycles. The van der Waals surface area contributed by atoms with Crippen LogP contribution in [0.15, 0.2) is 42.5 Å². The summed E-state index contributed by atoms with van der Waals surface area (Å²) in [6.07, 6.45) is 5.34. The molecule has 28 heavy (non-hydrogen) atoms. The van der Waals surface area contributed by atoms with Gasteiger partial charge in [-0.1, -0.05) is 51.1 Å². The molecule has 0 saturated heterocycles. The van der Waals surface area contributed by atoms with Crippen LogP contribution in [0.4, 0.5) is 0 Å². The minimum Gasteiger partial charge on any atom is -0.469 e. The standard InChI is InChI=1S/C23H26O4S/c1-21(2)18-15(27-20(28)26-13-8-6-5-7-9-13)12-22(3)16-11-10-14(23(16,18)21)17(22)19(24)25-4/h5-11,14-18H,12H2,1-4H3/t14-,15?,16+,17-,18?,22+,23-/m1/s1. The van der Waals surface area contributed by atoms with Crippen LogP contribution in [-0.2, 0) is 14.3 Å². The first-order chi connectivity index (χ1) is 13.3. The Morgan fingerprint density at radius 1 is 1.14 bits per heavy atom. The zero-order valence-corrected chi connectivity index (χ0v) is 17.5. The van der Waals surface area contributed by atoms with E-state index in [1.807, 2.05) is 30.3 Å². The lowest BCUT2D eigenvalue weighted by Gasteiger charge is -2.42. The Morgan fingerprint density at radius 2 is 1.86 bits per heavy atom. The van der Waals surface area contributed by atoms with Crippen molar-refractivity contribution >= 4 is 23.4 Å². The minimum absolute atomic E-state index is 0.0514. The number of allylic oxidation sites excluding steroid dienone is 2. The van der Waals surface area contributed by atoms with Gasteiger partial charge in [-0.05, 0) is 46.6 Å². The topological polar surface area (TPSA) is 44.8 Å². The second-order valence-electron chi connectivity index (χ2n) is 9.55. The molecule has 0 radical (unpaired) electrons. The predicted octanol–water partition coefficient (Wildman–Crippen LogP) is 4.39. The Bertz CT molecular complexity index is 878. The summed E-state index contributed by atoms with van der Waals surface area (Å²) in [7, 11) is 1.50. The molecule has 0 heterocycles. The second-order valence-corrected chi connectivity index (χ2v) is 9.89. The maximum absolute atomic E-state index is 12.7. The van der Waals surface area contributed by atoms with Gasteiger partial charge >= 0.3 is 11.2 Å². The molecule has 4 nitrogen and oxygen atoms in total. The van der Waals surface area contributed by atoms with E-state index in [1.165, 1.54) is 7.11 Å². The number of methoxy groups -OCH3 is 1. The molecule has 2 unspecified atom stereocenters. The summed E-state index contributed by atoms with van der Waals surface area (Å²) in [5, 5.41) is 0.161. The number of para-hydroxylation sites is 1. The molecule has 1 aromatic carbocycles. The van der Waals surface area contributed by atoms with Crippen molar-refractivity contribution in [1.82, 2.24) is 0 Å². The van der Waals surface area contributed by atoms with Crippen LogP contribution in [0.2, 0.25) is 0 Å². The molecule has 0 N–H and O–H groups in total.